The molecule has 1 N–H and O–H groups in total. The van der Waals surface area contributed by atoms with Crippen molar-refractivity contribution in [2.75, 3.05) is 4.72 Å². The lowest BCUT2D eigenvalue weighted by molar-refractivity contribution is 0.598. The van der Waals surface area contributed by atoms with Crippen LogP contribution in [0.4, 0.5) is 10.1 Å². The van der Waals surface area contributed by atoms with Gasteiger partial charge in [-0.2, -0.15) is 5.26 Å². The third-order valence-electron chi connectivity index (χ3n) is 2.66. The molecule has 0 aromatic heterocycles. The molecule has 2 rings (SSSR count). The highest BCUT2D eigenvalue weighted by atomic mass is 32.2. The van der Waals surface area contributed by atoms with Crippen molar-refractivity contribution in [2.24, 2.45) is 0 Å². The van der Waals surface area contributed by atoms with Crippen molar-refractivity contribution in [2.45, 2.75) is 11.8 Å². The van der Waals surface area contributed by atoms with E-state index in [2.05, 4.69) is 4.72 Å². The smallest absolute Gasteiger partial charge is 0.261 e. The van der Waals surface area contributed by atoms with Crippen molar-refractivity contribution in [3.05, 3.63) is 59.4 Å². The first-order valence-corrected chi connectivity index (χ1v) is 7.20. The molecule has 0 amide bonds. The van der Waals surface area contributed by atoms with Crippen molar-refractivity contribution >= 4 is 15.7 Å². The molecule has 0 unspecified atom stereocenters. The summed E-state index contributed by atoms with van der Waals surface area (Å²) in [5.74, 6) is -0.637. The van der Waals surface area contributed by atoms with Crippen molar-refractivity contribution in [3.63, 3.8) is 0 Å². The summed E-state index contributed by atoms with van der Waals surface area (Å²) in [5, 5.41) is 8.66. The lowest BCUT2D eigenvalue weighted by atomic mass is 10.2. The molecule has 0 heterocycles. The molecule has 0 atom stereocenters. The first kappa shape index (κ1) is 14.0. The average Bonchev–Trinajstić information content (AvgIpc) is 2.42. The number of hydrogen-bond acceptors (Lipinski definition) is 3. The van der Waals surface area contributed by atoms with E-state index >= 15 is 0 Å². The largest absolute Gasteiger partial charge is 0.277 e. The second-order valence-corrected chi connectivity index (χ2v) is 5.91. The Morgan fingerprint density at radius 3 is 2.35 bits per heavy atom. The van der Waals surface area contributed by atoms with Gasteiger partial charge < -0.3 is 0 Å². The lowest BCUT2D eigenvalue weighted by Crippen LogP contribution is -2.14. The number of benzene rings is 2. The van der Waals surface area contributed by atoms with Crippen LogP contribution in [0.1, 0.15) is 11.1 Å². The third-order valence-corrected chi connectivity index (χ3v) is 4.04. The van der Waals surface area contributed by atoms with Gasteiger partial charge in [0.05, 0.1) is 22.2 Å². The van der Waals surface area contributed by atoms with Gasteiger partial charge in [0, 0.05) is 0 Å². The summed E-state index contributed by atoms with van der Waals surface area (Å²) < 4.78 is 40.0. The SMILES string of the molecule is Cc1ccc(NS(=O)(=O)c2ccc(C#N)cc2)c(F)c1. The normalized spacial score (nSPS) is 10.8. The Hall–Kier alpha value is -2.39. The Morgan fingerprint density at radius 1 is 1.15 bits per heavy atom. The van der Waals surface area contributed by atoms with E-state index in [1.807, 2.05) is 6.07 Å². The second kappa shape index (κ2) is 5.31. The minimum absolute atomic E-state index is 0.0310. The topological polar surface area (TPSA) is 70.0 Å². The Kier molecular flexibility index (Phi) is 3.72. The molecule has 2 aromatic carbocycles. The molecule has 0 aliphatic heterocycles. The Bertz CT molecular complexity index is 778. The molecule has 4 nitrogen and oxygen atoms in total. The molecule has 102 valence electrons. The van der Waals surface area contributed by atoms with E-state index in [1.165, 1.54) is 36.4 Å². The monoisotopic (exact) mass is 290 g/mol. The molecular formula is C14H11FN2O2S. The number of nitrogens with zero attached hydrogens (tertiary/aromatic N) is 1. The van der Waals surface area contributed by atoms with E-state index in [4.69, 9.17) is 5.26 Å². The maximum atomic E-state index is 13.6. The Morgan fingerprint density at radius 2 is 1.80 bits per heavy atom. The molecule has 0 aliphatic carbocycles. The first-order valence-electron chi connectivity index (χ1n) is 5.71. The fourth-order valence-corrected chi connectivity index (χ4v) is 2.68. The number of rotatable bonds is 3. The van der Waals surface area contributed by atoms with E-state index < -0.39 is 15.8 Å². The van der Waals surface area contributed by atoms with E-state index in [0.29, 0.717) is 11.1 Å². The molecule has 0 spiro atoms. The molecule has 0 bridgehead atoms. The van der Waals surface area contributed by atoms with Crippen LogP contribution in [0.15, 0.2) is 47.4 Å². The van der Waals surface area contributed by atoms with Crippen LogP contribution in [0, 0.1) is 24.1 Å². The van der Waals surface area contributed by atoms with E-state index in [0.717, 1.165) is 0 Å². The van der Waals surface area contributed by atoms with E-state index in [1.54, 1.807) is 13.0 Å². The van der Waals surface area contributed by atoms with Gasteiger partial charge in [0.2, 0.25) is 0 Å². The molecule has 6 heteroatoms. The summed E-state index contributed by atoms with van der Waals surface area (Å²) in [6.07, 6.45) is 0. The Labute approximate surface area is 116 Å². The summed E-state index contributed by atoms with van der Waals surface area (Å²) in [5.41, 5.74) is 0.939. The molecule has 20 heavy (non-hydrogen) atoms. The maximum Gasteiger partial charge on any atom is 0.261 e. The number of nitrogens with one attached hydrogen (secondary N) is 1. The van der Waals surface area contributed by atoms with Crippen LogP contribution < -0.4 is 4.72 Å². The van der Waals surface area contributed by atoms with Gasteiger partial charge in [0.15, 0.2) is 0 Å². The van der Waals surface area contributed by atoms with Crippen LogP contribution in [0.5, 0.6) is 0 Å². The van der Waals surface area contributed by atoms with Crippen LogP contribution in [0.3, 0.4) is 0 Å². The number of sulfonamides is 1. The zero-order chi connectivity index (χ0) is 14.8. The minimum atomic E-state index is -3.87. The molecule has 0 saturated heterocycles. The van der Waals surface area contributed by atoms with Crippen LogP contribution in [-0.2, 0) is 10.0 Å². The van der Waals surface area contributed by atoms with E-state index in [9.17, 15) is 12.8 Å². The van der Waals surface area contributed by atoms with Crippen LogP contribution in [-0.4, -0.2) is 8.42 Å². The van der Waals surface area contributed by atoms with Crippen LogP contribution in [0.2, 0.25) is 0 Å². The highest BCUT2D eigenvalue weighted by Gasteiger charge is 2.16. The first-order chi connectivity index (χ1) is 9.42. The van der Waals surface area contributed by atoms with Gasteiger partial charge in [0.1, 0.15) is 5.82 Å². The number of halogens is 1. The number of anilines is 1. The van der Waals surface area contributed by atoms with Gasteiger partial charge in [-0.3, -0.25) is 4.72 Å². The Balaban J connectivity index is 2.33. The van der Waals surface area contributed by atoms with Crippen molar-refractivity contribution in [1.82, 2.24) is 0 Å². The van der Waals surface area contributed by atoms with Gasteiger partial charge in [0.25, 0.3) is 10.0 Å². The zero-order valence-electron chi connectivity index (χ0n) is 10.6. The van der Waals surface area contributed by atoms with Crippen molar-refractivity contribution in [3.8, 4) is 6.07 Å². The van der Waals surface area contributed by atoms with Crippen molar-refractivity contribution in [1.29, 1.82) is 5.26 Å². The highest BCUT2D eigenvalue weighted by Crippen LogP contribution is 2.20. The molecule has 0 saturated carbocycles. The van der Waals surface area contributed by atoms with Gasteiger partial charge in [-0.05, 0) is 48.9 Å². The van der Waals surface area contributed by atoms with Crippen LogP contribution in [0.25, 0.3) is 0 Å². The summed E-state index contributed by atoms with van der Waals surface area (Å²) in [6.45, 7) is 1.71. The predicted octanol–water partition coefficient (Wildman–Crippen LogP) is 2.81. The van der Waals surface area contributed by atoms with Crippen LogP contribution >= 0.6 is 0 Å². The fraction of sp³-hybridized carbons (Fsp3) is 0.0714. The van der Waals surface area contributed by atoms with E-state index in [-0.39, 0.29) is 10.6 Å². The molecular weight excluding hydrogens is 279 g/mol. The van der Waals surface area contributed by atoms with Gasteiger partial charge >= 0.3 is 0 Å². The van der Waals surface area contributed by atoms with Crippen molar-refractivity contribution < 1.29 is 12.8 Å². The molecule has 2 aromatic rings. The number of hydrogen-bond donors (Lipinski definition) is 1. The third kappa shape index (κ3) is 2.95. The summed E-state index contributed by atoms with van der Waals surface area (Å²) >= 11 is 0. The standard InChI is InChI=1S/C14H11FN2O2S/c1-10-2-7-14(13(15)8-10)17-20(18,19)12-5-3-11(9-16)4-6-12/h2-8,17H,1H3. The number of aryl methyl sites for hydroxylation is 1. The average molecular weight is 290 g/mol. The molecule has 0 aliphatic rings. The predicted molar refractivity (Wildman–Crippen MR) is 73.1 cm³/mol. The van der Waals surface area contributed by atoms with Gasteiger partial charge in [-0.25, -0.2) is 12.8 Å². The van der Waals surface area contributed by atoms with Gasteiger partial charge in [-0.15, -0.1) is 0 Å². The zero-order valence-corrected chi connectivity index (χ0v) is 11.4. The highest BCUT2D eigenvalue weighted by molar-refractivity contribution is 7.92. The summed E-state index contributed by atoms with van der Waals surface area (Å²) in [6, 6.07) is 11.5. The minimum Gasteiger partial charge on any atom is -0.277 e. The molecule has 0 fully saturated rings. The summed E-state index contributed by atoms with van der Waals surface area (Å²) in [7, 11) is -3.87. The quantitative estimate of drug-likeness (QED) is 0.945. The second-order valence-electron chi connectivity index (χ2n) is 4.22. The molecule has 0 radical (unpaired) electrons. The number of nitriles is 1. The fourth-order valence-electron chi connectivity index (χ4n) is 1.62. The summed E-state index contributed by atoms with van der Waals surface area (Å²) in [4.78, 5) is -0.0310. The maximum absolute atomic E-state index is 13.6. The van der Waals surface area contributed by atoms with Gasteiger partial charge in [-0.1, -0.05) is 6.07 Å². The lowest BCUT2D eigenvalue weighted by Gasteiger charge is -2.09.